The highest BCUT2D eigenvalue weighted by atomic mass is 19.4. The number of alkyl halides is 3. The van der Waals surface area contributed by atoms with E-state index < -0.39 is 11.7 Å². The number of benzene rings is 2. The molecule has 31 heavy (non-hydrogen) atoms. The first-order valence-corrected chi connectivity index (χ1v) is 10.2. The molecule has 1 aliphatic rings. The Kier molecular flexibility index (Phi) is 5.82. The average molecular weight is 427 g/mol. The minimum atomic E-state index is -4.34. The number of hydrogen-bond acceptors (Lipinski definition) is 5. The van der Waals surface area contributed by atoms with Crippen LogP contribution in [0.2, 0.25) is 0 Å². The molecule has 0 spiro atoms. The van der Waals surface area contributed by atoms with Crippen molar-refractivity contribution in [2.45, 2.75) is 12.1 Å². The van der Waals surface area contributed by atoms with Crippen molar-refractivity contribution in [3.63, 3.8) is 0 Å². The maximum Gasteiger partial charge on any atom is 0.416 e. The van der Waals surface area contributed by atoms with Crippen LogP contribution in [0.5, 0.6) is 0 Å². The summed E-state index contributed by atoms with van der Waals surface area (Å²) >= 11 is 0. The lowest BCUT2D eigenvalue weighted by Gasteiger charge is -2.38. The average Bonchev–Trinajstić information content (AvgIpc) is 2.79. The van der Waals surface area contributed by atoms with Gasteiger partial charge in [0, 0.05) is 67.8 Å². The van der Waals surface area contributed by atoms with E-state index in [9.17, 15) is 13.2 Å². The second kappa shape index (κ2) is 8.55. The summed E-state index contributed by atoms with van der Waals surface area (Å²) in [5.41, 5.74) is 8.64. The lowest BCUT2D eigenvalue weighted by Crippen LogP contribution is -2.46. The number of halogens is 3. The molecule has 0 amide bonds. The van der Waals surface area contributed by atoms with Crippen molar-refractivity contribution in [3.05, 3.63) is 65.9 Å². The third kappa shape index (κ3) is 4.34. The minimum absolute atomic E-state index is 0.143. The van der Waals surface area contributed by atoms with Gasteiger partial charge in [-0.2, -0.15) is 13.2 Å². The first-order valence-electron chi connectivity index (χ1n) is 10.2. The Labute approximate surface area is 178 Å². The third-order valence-electron chi connectivity index (χ3n) is 5.78. The third-order valence-corrected chi connectivity index (χ3v) is 5.78. The smallest absolute Gasteiger partial charge is 0.368 e. The Morgan fingerprint density at radius 2 is 1.77 bits per heavy atom. The highest BCUT2D eigenvalue weighted by Crippen LogP contribution is 2.33. The van der Waals surface area contributed by atoms with Crippen LogP contribution in [0.1, 0.15) is 17.0 Å². The van der Waals surface area contributed by atoms with Crippen LogP contribution in [0, 0.1) is 5.41 Å². The molecular weight excluding hydrogens is 403 g/mol. The van der Waals surface area contributed by atoms with Gasteiger partial charge in [-0.3, -0.25) is 4.98 Å². The van der Waals surface area contributed by atoms with Gasteiger partial charge in [-0.25, -0.2) is 0 Å². The molecule has 1 aromatic heterocycles. The van der Waals surface area contributed by atoms with E-state index in [2.05, 4.69) is 9.88 Å². The predicted octanol–water partition coefficient (Wildman–Crippen LogP) is 4.27. The van der Waals surface area contributed by atoms with E-state index in [1.807, 2.05) is 29.2 Å². The summed E-state index contributed by atoms with van der Waals surface area (Å²) in [6.45, 7) is 2.97. The number of nitrogens with one attached hydrogen (secondary N) is 1. The fourth-order valence-electron chi connectivity index (χ4n) is 4.04. The Morgan fingerprint density at radius 1 is 1.03 bits per heavy atom. The van der Waals surface area contributed by atoms with Gasteiger partial charge in [-0.1, -0.05) is 12.1 Å². The fourth-order valence-corrected chi connectivity index (χ4v) is 4.04. The Bertz CT molecular complexity index is 1070. The molecular formula is C23H24F3N5. The van der Waals surface area contributed by atoms with Crippen LogP contribution in [0.25, 0.3) is 10.9 Å². The predicted molar refractivity (Wildman–Crippen MR) is 118 cm³/mol. The molecule has 0 aliphatic carbocycles. The lowest BCUT2D eigenvalue weighted by molar-refractivity contribution is -0.137. The van der Waals surface area contributed by atoms with Gasteiger partial charge in [-0.05, 0) is 42.0 Å². The fraction of sp³-hybridized carbons (Fsp3) is 0.304. The molecule has 8 heteroatoms. The molecule has 1 aliphatic heterocycles. The maximum atomic E-state index is 13.1. The number of hydrogen-bond donors (Lipinski definition) is 2. The van der Waals surface area contributed by atoms with Gasteiger partial charge in [0.2, 0.25) is 0 Å². The van der Waals surface area contributed by atoms with Gasteiger partial charge in [0.05, 0.1) is 11.1 Å². The monoisotopic (exact) mass is 427 g/mol. The quantitative estimate of drug-likeness (QED) is 0.597. The van der Waals surface area contributed by atoms with Crippen LogP contribution in [0.4, 0.5) is 24.5 Å². The Hall–Kier alpha value is -3.13. The summed E-state index contributed by atoms with van der Waals surface area (Å²) in [4.78, 5) is 8.67. The van der Waals surface area contributed by atoms with E-state index >= 15 is 0 Å². The van der Waals surface area contributed by atoms with Crippen LogP contribution in [-0.2, 0) is 6.18 Å². The number of nitrogens with two attached hydrogens (primary N) is 1. The van der Waals surface area contributed by atoms with E-state index in [4.69, 9.17) is 11.1 Å². The molecule has 0 radical (unpaired) electrons. The van der Waals surface area contributed by atoms with Crippen molar-refractivity contribution in [3.8, 4) is 0 Å². The molecule has 3 aromatic rings. The van der Waals surface area contributed by atoms with Gasteiger partial charge in [0.25, 0.3) is 0 Å². The number of anilines is 2. The van der Waals surface area contributed by atoms with Crippen molar-refractivity contribution < 1.29 is 13.2 Å². The van der Waals surface area contributed by atoms with E-state index in [0.717, 1.165) is 28.2 Å². The molecule has 0 saturated carbocycles. The molecule has 1 saturated heterocycles. The Morgan fingerprint density at radius 3 is 2.45 bits per heavy atom. The molecule has 2 heterocycles. The van der Waals surface area contributed by atoms with Crippen molar-refractivity contribution in [2.24, 2.45) is 5.73 Å². The summed E-state index contributed by atoms with van der Waals surface area (Å²) in [5, 5.41) is 8.60. The second-order valence-corrected chi connectivity index (χ2v) is 7.64. The van der Waals surface area contributed by atoms with Gasteiger partial charge in [-0.15, -0.1) is 0 Å². The lowest BCUT2D eigenvalue weighted by atomic mass is 9.98. The topological polar surface area (TPSA) is 69.2 Å². The second-order valence-electron chi connectivity index (χ2n) is 7.64. The largest absolute Gasteiger partial charge is 0.416 e. The summed E-state index contributed by atoms with van der Waals surface area (Å²) in [6, 6.07) is 13.4. The van der Waals surface area contributed by atoms with Gasteiger partial charge >= 0.3 is 6.18 Å². The van der Waals surface area contributed by atoms with Crippen LogP contribution < -0.4 is 15.5 Å². The van der Waals surface area contributed by atoms with E-state index in [-0.39, 0.29) is 5.92 Å². The van der Waals surface area contributed by atoms with Gasteiger partial charge in [0.1, 0.15) is 0 Å². The van der Waals surface area contributed by atoms with Crippen molar-refractivity contribution in [2.75, 3.05) is 42.5 Å². The standard InChI is InChI=1S/C23H24F3N5/c24-23(25,26)18-2-1-3-19(13-18)30-8-10-31(11-9-30)22-6-7-29-21-5-4-16(12-20(21)22)17(14-27)15-28/h1-7,12-14,17,27H,8-11,15,28H2. The molecule has 3 N–H and O–H groups in total. The zero-order valence-electron chi connectivity index (χ0n) is 16.9. The van der Waals surface area contributed by atoms with E-state index in [1.54, 1.807) is 12.3 Å². The van der Waals surface area contributed by atoms with Gasteiger partial charge < -0.3 is 20.9 Å². The van der Waals surface area contributed by atoms with E-state index in [0.29, 0.717) is 38.4 Å². The number of rotatable bonds is 5. The summed E-state index contributed by atoms with van der Waals surface area (Å²) in [5.74, 6) is -0.143. The summed E-state index contributed by atoms with van der Waals surface area (Å²) < 4.78 is 39.2. The van der Waals surface area contributed by atoms with Crippen LogP contribution in [-0.4, -0.2) is 43.9 Å². The van der Waals surface area contributed by atoms with Crippen LogP contribution in [0.15, 0.2) is 54.7 Å². The first kappa shape index (κ1) is 21.1. The Balaban J connectivity index is 1.56. The van der Waals surface area contributed by atoms with Crippen molar-refractivity contribution in [1.82, 2.24) is 4.98 Å². The van der Waals surface area contributed by atoms with Crippen LogP contribution in [0.3, 0.4) is 0 Å². The number of nitrogens with zero attached hydrogens (tertiary/aromatic N) is 3. The molecule has 0 bridgehead atoms. The number of pyridine rings is 1. The molecule has 2 aromatic carbocycles. The SMILES string of the molecule is N=CC(CN)c1ccc2nccc(N3CCN(c4cccc(C(F)(F)F)c4)CC3)c2c1. The van der Waals surface area contributed by atoms with Crippen molar-refractivity contribution in [1.29, 1.82) is 5.41 Å². The molecule has 162 valence electrons. The number of piperazine rings is 1. The highest BCUT2D eigenvalue weighted by Gasteiger charge is 2.31. The molecule has 1 unspecified atom stereocenters. The molecule has 4 rings (SSSR count). The summed E-state index contributed by atoms with van der Waals surface area (Å²) in [6.07, 6.45) is -1.22. The molecule has 5 nitrogen and oxygen atoms in total. The first-order chi connectivity index (χ1) is 14.9. The summed E-state index contributed by atoms with van der Waals surface area (Å²) in [7, 11) is 0. The minimum Gasteiger partial charge on any atom is -0.368 e. The van der Waals surface area contributed by atoms with E-state index in [1.165, 1.54) is 18.3 Å². The van der Waals surface area contributed by atoms with Gasteiger partial charge in [0.15, 0.2) is 0 Å². The normalized spacial score (nSPS) is 15.9. The van der Waals surface area contributed by atoms with Crippen LogP contribution >= 0.6 is 0 Å². The number of aromatic nitrogens is 1. The highest BCUT2D eigenvalue weighted by molar-refractivity contribution is 5.92. The zero-order valence-corrected chi connectivity index (χ0v) is 16.9. The maximum absolute atomic E-state index is 13.1. The van der Waals surface area contributed by atoms with Crippen molar-refractivity contribution >= 4 is 28.5 Å². The zero-order chi connectivity index (χ0) is 22.0. The molecule has 1 fully saturated rings. The number of fused-ring (bicyclic) bond motifs is 1. The molecule has 1 atom stereocenters.